The van der Waals surface area contributed by atoms with Crippen LogP contribution in [0, 0.1) is 0 Å². The van der Waals surface area contributed by atoms with Gasteiger partial charge in [-0.1, -0.05) is 18.2 Å². The minimum absolute atomic E-state index is 0.00931. The van der Waals surface area contributed by atoms with Gasteiger partial charge < -0.3 is 10.0 Å². The van der Waals surface area contributed by atoms with Crippen LogP contribution in [0.25, 0.3) is 0 Å². The average molecular weight is 283 g/mol. The van der Waals surface area contributed by atoms with Crippen molar-refractivity contribution in [3.63, 3.8) is 0 Å². The van der Waals surface area contributed by atoms with Gasteiger partial charge in [-0.05, 0) is 17.7 Å². The van der Waals surface area contributed by atoms with Gasteiger partial charge in [0.2, 0.25) is 0 Å². The molecule has 1 aromatic carbocycles. The first kappa shape index (κ1) is 13.2. The van der Waals surface area contributed by atoms with E-state index in [1.165, 1.54) is 12.4 Å². The SMILES string of the molecule is O=C(O)CC1CN(C(=O)c2ccnnc2)c2ccccc21. The fourth-order valence-electron chi connectivity index (χ4n) is 2.65. The summed E-state index contributed by atoms with van der Waals surface area (Å²) >= 11 is 0. The zero-order valence-electron chi connectivity index (χ0n) is 11.1. The third-order valence-electron chi connectivity index (χ3n) is 3.57. The molecule has 1 unspecified atom stereocenters. The van der Waals surface area contributed by atoms with Crippen LogP contribution >= 0.6 is 0 Å². The lowest BCUT2D eigenvalue weighted by atomic mass is 9.98. The highest BCUT2D eigenvalue weighted by atomic mass is 16.4. The number of carbonyl (C=O) groups is 2. The maximum absolute atomic E-state index is 12.6. The number of carbonyl (C=O) groups excluding carboxylic acids is 1. The zero-order valence-corrected chi connectivity index (χ0v) is 11.1. The van der Waals surface area contributed by atoms with Crippen molar-refractivity contribution in [1.82, 2.24) is 10.2 Å². The Labute approximate surface area is 121 Å². The van der Waals surface area contributed by atoms with Crippen LogP contribution in [0.4, 0.5) is 5.69 Å². The van der Waals surface area contributed by atoms with E-state index in [1.807, 2.05) is 24.3 Å². The number of para-hydroxylation sites is 1. The molecule has 1 amide bonds. The number of nitrogens with zero attached hydrogens (tertiary/aromatic N) is 3. The quantitative estimate of drug-likeness (QED) is 0.926. The minimum atomic E-state index is -0.866. The number of carboxylic acid groups (broad SMARTS) is 1. The summed E-state index contributed by atoms with van der Waals surface area (Å²) in [5.74, 6) is -1.24. The van der Waals surface area contributed by atoms with Crippen LogP contribution in [0.15, 0.2) is 42.7 Å². The smallest absolute Gasteiger partial charge is 0.304 e. The van der Waals surface area contributed by atoms with Gasteiger partial charge in [-0.15, -0.1) is 0 Å². The fourth-order valence-corrected chi connectivity index (χ4v) is 2.65. The second kappa shape index (κ2) is 5.32. The van der Waals surface area contributed by atoms with Crippen LogP contribution in [0.5, 0.6) is 0 Å². The first-order valence-corrected chi connectivity index (χ1v) is 6.56. The molecule has 0 fully saturated rings. The van der Waals surface area contributed by atoms with Gasteiger partial charge >= 0.3 is 5.97 Å². The number of carboxylic acids is 1. The second-order valence-electron chi connectivity index (χ2n) is 4.90. The Bertz CT molecular complexity index is 688. The summed E-state index contributed by atoms with van der Waals surface area (Å²) in [7, 11) is 0. The largest absolute Gasteiger partial charge is 0.481 e. The third kappa shape index (κ3) is 2.47. The van der Waals surface area contributed by atoms with Crippen LogP contribution in [-0.2, 0) is 4.79 Å². The van der Waals surface area contributed by atoms with E-state index in [0.29, 0.717) is 12.1 Å². The van der Waals surface area contributed by atoms with E-state index >= 15 is 0 Å². The highest BCUT2D eigenvalue weighted by Crippen LogP contribution is 2.38. The molecule has 1 N–H and O–H groups in total. The van der Waals surface area contributed by atoms with E-state index in [-0.39, 0.29) is 18.2 Å². The molecule has 0 aliphatic carbocycles. The monoisotopic (exact) mass is 283 g/mol. The van der Waals surface area contributed by atoms with Crippen molar-refractivity contribution in [3.8, 4) is 0 Å². The molecule has 0 spiro atoms. The average Bonchev–Trinajstić information content (AvgIpc) is 2.86. The third-order valence-corrected chi connectivity index (χ3v) is 3.57. The maximum Gasteiger partial charge on any atom is 0.304 e. The van der Waals surface area contributed by atoms with Gasteiger partial charge in [-0.3, -0.25) is 9.59 Å². The number of hydrogen-bond donors (Lipinski definition) is 1. The molecule has 1 aromatic heterocycles. The molecule has 0 radical (unpaired) electrons. The molecular weight excluding hydrogens is 270 g/mol. The zero-order chi connectivity index (χ0) is 14.8. The molecule has 0 bridgehead atoms. The molecule has 1 atom stereocenters. The molecule has 2 aromatic rings. The number of aromatic nitrogens is 2. The number of aliphatic carboxylic acids is 1. The van der Waals surface area contributed by atoms with Gasteiger partial charge in [-0.25, -0.2) is 0 Å². The van der Waals surface area contributed by atoms with Crippen LogP contribution in [0.1, 0.15) is 28.3 Å². The summed E-state index contributed by atoms with van der Waals surface area (Å²) in [5.41, 5.74) is 2.11. The Morgan fingerprint density at radius 2 is 2.05 bits per heavy atom. The van der Waals surface area contributed by atoms with Gasteiger partial charge in [0.25, 0.3) is 5.91 Å². The van der Waals surface area contributed by atoms with Crippen molar-refractivity contribution < 1.29 is 14.7 Å². The predicted molar refractivity (Wildman–Crippen MR) is 75.1 cm³/mol. The van der Waals surface area contributed by atoms with Gasteiger partial charge in [-0.2, -0.15) is 10.2 Å². The number of amides is 1. The Kier molecular flexibility index (Phi) is 3.35. The van der Waals surface area contributed by atoms with Crippen LogP contribution < -0.4 is 4.90 Å². The normalized spacial score (nSPS) is 16.6. The van der Waals surface area contributed by atoms with E-state index in [2.05, 4.69) is 10.2 Å². The highest BCUT2D eigenvalue weighted by Gasteiger charge is 2.33. The van der Waals surface area contributed by atoms with Crippen LogP contribution in [0.2, 0.25) is 0 Å². The molecule has 6 heteroatoms. The number of fused-ring (bicyclic) bond motifs is 1. The van der Waals surface area contributed by atoms with Crippen molar-refractivity contribution in [3.05, 3.63) is 53.9 Å². The van der Waals surface area contributed by atoms with Gasteiger partial charge in [0.15, 0.2) is 0 Å². The fraction of sp³-hybridized carbons (Fsp3) is 0.200. The highest BCUT2D eigenvalue weighted by molar-refractivity contribution is 6.07. The van der Waals surface area contributed by atoms with Crippen LogP contribution in [0.3, 0.4) is 0 Å². The summed E-state index contributed by atoms with van der Waals surface area (Å²) in [6.07, 6.45) is 2.88. The van der Waals surface area contributed by atoms with Gasteiger partial charge in [0.05, 0.1) is 24.4 Å². The lowest BCUT2D eigenvalue weighted by Crippen LogP contribution is -2.30. The van der Waals surface area contributed by atoms with Crippen molar-refractivity contribution in [2.75, 3.05) is 11.4 Å². The van der Waals surface area contributed by atoms with Gasteiger partial charge in [0, 0.05) is 18.2 Å². The van der Waals surface area contributed by atoms with Crippen molar-refractivity contribution in [2.24, 2.45) is 0 Å². The first-order chi connectivity index (χ1) is 10.2. The van der Waals surface area contributed by atoms with Crippen molar-refractivity contribution >= 4 is 17.6 Å². The molecule has 1 aliphatic rings. The molecule has 3 rings (SSSR count). The van der Waals surface area contributed by atoms with E-state index in [0.717, 1.165) is 11.3 Å². The molecular formula is C15H13N3O3. The number of benzene rings is 1. The van der Waals surface area contributed by atoms with Crippen molar-refractivity contribution in [2.45, 2.75) is 12.3 Å². The molecule has 2 heterocycles. The van der Waals surface area contributed by atoms with E-state index in [9.17, 15) is 9.59 Å². The Morgan fingerprint density at radius 3 is 2.76 bits per heavy atom. The second-order valence-corrected chi connectivity index (χ2v) is 4.90. The predicted octanol–water partition coefficient (Wildman–Crippen LogP) is 1.70. The number of rotatable bonds is 3. The molecule has 1 aliphatic heterocycles. The number of anilines is 1. The van der Waals surface area contributed by atoms with Crippen molar-refractivity contribution in [1.29, 1.82) is 0 Å². The Morgan fingerprint density at radius 1 is 1.24 bits per heavy atom. The summed E-state index contributed by atoms with van der Waals surface area (Å²) in [5, 5.41) is 16.4. The molecule has 6 nitrogen and oxygen atoms in total. The molecule has 21 heavy (non-hydrogen) atoms. The van der Waals surface area contributed by atoms with E-state index < -0.39 is 5.97 Å². The van der Waals surface area contributed by atoms with Crippen LogP contribution in [-0.4, -0.2) is 33.7 Å². The van der Waals surface area contributed by atoms with Gasteiger partial charge in [0.1, 0.15) is 0 Å². The Balaban J connectivity index is 1.94. The maximum atomic E-state index is 12.6. The minimum Gasteiger partial charge on any atom is -0.481 e. The standard InChI is InChI=1S/C15H13N3O3/c19-14(20)7-11-9-18(13-4-2-1-3-12(11)13)15(21)10-5-6-16-17-8-10/h1-6,8,11H,7,9H2,(H,19,20). The number of hydrogen-bond acceptors (Lipinski definition) is 4. The summed E-state index contributed by atoms with van der Waals surface area (Å²) in [6.45, 7) is 0.368. The summed E-state index contributed by atoms with van der Waals surface area (Å²) < 4.78 is 0. The summed E-state index contributed by atoms with van der Waals surface area (Å²) in [6, 6.07) is 9.01. The molecule has 0 saturated carbocycles. The summed E-state index contributed by atoms with van der Waals surface area (Å²) in [4.78, 5) is 25.2. The lowest BCUT2D eigenvalue weighted by molar-refractivity contribution is -0.137. The first-order valence-electron chi connectivity index (χ1n) is 6.56. The van der Waals surface area contributed by atoms with E-state index in [1.54, 1.807) is 11.0 Å². The molecule has 0 saturated heterocycles. The topological polar surface area (TPSA) is 83.4 Å². The molecule has 106 valence electrons. The lowest BCUT2D eigenvalue weighted by Gasteiger charge is -2.17. The Hall–Kier alpha value is -2.76. The van der Waals surface area contributed by atoms with E-state index in [4.69, 9.17) is 5.11 Å².